The Balaban J connectivity index is 1.80. The van der Waals surface area contributed by atoms with Crippen LogP contribution in [0.3, 0.4) is 0 Å². The largest absolute Gasteiger partial charge is 0.331 e. The third-order valence-electron chi connectivity index (χ3n) is 4.51. The van der Waals surface area contributed by atoms with Gasteiger partial charge in [-0.25, -0.2) is 9.48 Å². The molecule has 0 bridgehead atoms. The van der Waals surface area contributed by atoms with Gasteiger partial charge in [0.15, 0.2) is 0 Å². The van der Waals surface area contributed by atoms with Gasteiger partial charge in [-0.2, -0.15) is 0 Å². The van der Waals surface area contributed by atoms with E-state index in [9.17, 15) is 9.59 Å². The predicted molar refractivity (Wildman–Crippen MR) is 108 cm³/mol. The topological polar surface area (TPSA) is 68.1 Å². The number of carbonyl (C=O) groups excluding carboxylic acids is 1. The average molecular weight is 385 g/mol. The standard InChI is InChI=1S/C20H21ClN4O2/c1-13(15-9-11-16(21)12-10-15)22-20(27)23-18-14(2)24(3)25(19(18)26)17-7-5-4-6-8-17/h4-13H,1-3H3,(H2,22,23,27). The van der Waals surface area contributed by atoms with Crippen molar-refractivity contribution in [1.82, 2.24) is 14.7 Å². The number of anilines is 1. The molecule has 0 aliphatic heterocycles. The molecule has 3 rings (SSSR count). The van der Waals surface area contributed by atoms with Gasteiger partial charge in [-0.3, -0.25) is 9.48 Å². The Bertz CT molecular complexity index is 1010. The van der Waals surface area contributed by atoms with Crippen molar-refractivity contribution in [2.24, 2.45) is 7.05 Å². The molecule has 1 unspecified atom stereocenters. The number of aromatic nitrogens is 2. The summed E-state index contributed by atoms with van der Waals surface area (Å²) in [5.41, 5.74) is 2.29. The Kier molecular flexibility index (Phi) is 5.37. The minimum atomic E-state index is -0.441. The van der Waals surface area contributed by atoms with Gasteiger partial charge in [0, 0.05) is 12.1 Å². The van der Waals surface area contributed by atoms with Crippen molar-refractivity contribution >= 4 is 23.3 Å². The van der Waals surface area contributed by atoms with E-state index in [1.807, 2.05) is 49.4 Å². The van der Waals surface area contributed by atoms with Crippen LogP contribution in [0.25, 0.3) is 5.69 Å². The summed E-state index contributed by atoms with van der Waals surface area (Å²) in [7, 11) is 1.78. The fraction of sp³-hybridized carbons (Fsp3) is 0.200. The van der Waals surface area contributed by atoms with Crippen molar-refractivity contribution in [3.8, 4) is 5.69 Å². The number of benzene rings is 2. The first-order valence-corrected chi connectivity index (χ1v) is 8.93. The maximum atomic E-state index is 12.8. The summed E-state index contributed by atoms with van der Waals surface area (Å²) in [6.07, 6.45) is 0. The van der Waals surface area contributed by atoms with E-state index in [1.165, 1.54) is 4.68 Å². The van der Waals surface area contributed by atoms with Gasteiger partial charge in [-0.05, 0) is 43.7 Å². The van der Waals surface area contributed by atoms with Crippen LogP contribution in [-0.4, -0.2) is 15.4 Å². The molecule has 1 heterocycles. The monoisotopic (exact) mass is 384 g/mol. The number of hydrogen-bond acceptors (Lipinski definition) is 2. The van der Waals surface area contributed by atoms with E-state index >= 15 is 0 Å². The van der Waals surface area contributed by atoms with Gasteiger partial charge >= 0.3 is 6.03 Å². The van der Waals surface area contributed by atoms with Crippen molar-refractivity contribution in [3.63, 3.8) is 0 Å². The van der Waals surface area contributed by atoms with Crippen LogP contribution in [0.2, 0.25) is 5.02 Å². The minimum absolute atomic E-state index is 0.234. The van der Waals surface area contributed by atoms with Crippen LogP contribution in [0.1, 0.15) is 24.2 Å². The Hall–Kier alpha value is -2.99. The number of carbonyl (C=O) groups is 1. The highest BCUT2D eigenvalue weighted by atomic mass is 35.5. The zero-order chi connectivity index (χ0) is 19.6. The Labute approximate surface area is 162 Å². The third-order valence-corrected chi connectivity index (χ3v) is 4.76. The summed E-state index contributed by atoms with van der Waals surface area (Å²) in [6, 6.07) is 15.9. The highest BCUT2D eigenvalue weighted by Gasteiger charge is 2.19. The van der Waals surface area contributed by atoms with E-state index in [0.717, 1.165) is 11.3 Å². The first-order chi connectivity index (χ1) is 12.9. The molecule has 2 amide bonds. The molecule has 0 aliphatic carbocycles. The van der Waals surface area contributed by atoms with Gasteiger partial charge in [0.1, 0.15) is 5.69 Å². The molecule has 0 fully saturated rings. The smallest absolute Gasteiger partial charge is 0.319 e. The molecule has 1 aromatic heterocycles. The van der Waals surface area contributed by atoms with Crippen LogP contribution in [0, 0.1) is 6.92 Å². The molecular weight excluding hydrogens is 364 g/mol. The van der Waals surface area contributed by atoms with Gasteiger partial charge in [0.25, 0.3) is 5.56 Å². The number of rotatable bonds is 4. The summed E-state index contributed by atoms with van der Waals surface area (Å²) in [5.74, 6) is 0. The minimum Gasteiger partial charge on any atom is -0.331 e. The van der Waals surface area contributed by atoms with Crippen molar-refractivity contribution in [2.75, 3.05) is 5.32 Å². The van der Waals surface area contributed by atoms with E-state index in [1.54, 1.807) is 30.8 Å². The van der Waals surface area contributed by atoms with E-state index in [-0.39, 0.29) is 17.3 Å². The van der Waals surface area contributed by atoms with Crippen molar-refractivity contribution in [3.05, 3.63) is 81.2 Å². The lowest BCUT2D eigenvalue weighted by molar-refractivity contribution is 0.249. The third kappa shape index (κ3) is 3.90. The number of urea groups is 1. The lowest BCUT2D eigenvalue weighted by Crippen LogP contribution is -2.33. The molecule has 0 saturated heterocycles. The number of nitrogens with one attached hydrogen (secondary N) is 2. The van der Waals surface area contributed by atoms with Crippen LogP contribution in [-0.2, 0) is 7.05 Å². The number of nitrogens with zero attached hydrogens (tertiary/aromatic N) is 2. The van der Waals surface area contributed by atoms with E-state index < -0.39 is 6.03 Å². The highest BCUT2D eigenvalue weighted by Crippen LogP contribution is 2.17. The normalized spacial score (nSPS) is 11.9. The molecule has 0 saturated carbocycles. The summed E-state index contributed by atoms with van der Waals surface area (Å²) >= 11 is 5.89. The second-order valence-electron chi connectivity index (χ2n) is 6.31. The molecule has 1 atom stereocenters. The molecule has 7 heteroatoms. The molecule has 6 nitrogen and oxygen atoms in total. The SMILES string of the molecule is Cc1c(NC(=O)NC(C)c2ccc(Cl)cc2)c(=O)n(-c2ccccc2)n1C. The van der Waals surface area contributed by atoms with Gasteiger partial charge < -0.3 is 10.6 Å². The first kappa shape index (κ1) is 18.8. The maximum absolute atomic E-state index is 12.8. The summed E-state index contributed by atoms with van der Waals surface area (Å²) in [4.78, 5) is 25.2. The molecule has 0 spiro atoms. The Morgan fingerprint density at radius 2 is 1.70 bits per heavy atom. The number of hydrogen-bond donors (Lipinski definition) is 2. The molecule has 2 aromatic carbocycles. The lowest BCUT2D eigenvalue weighted by Gasteiger charge is -2.14. The summed E-state index contributed by atoms with van der Waals surface area (Å²) < 4.78 is 3.24. The first-order valence-electron chi connectivity index (χ1n) is 8.55. The molecule has 27 heavy (non-hydrogen) atoms. The molecule has 2 N–H and O–H groups in total. The van der Waals surface area contributed by atoms with Gasteiger partial charge in [-0.15, -0.1) is 0 Å². The highest BCUT2D eigenvalue weighted by molar-refractivity contribution is 6.30. The van der Waals surface area contributed by atoms with Crippen molar-refractivity contribution in [1.29, 1.82) is 0 Å². The number of para-hydroxylation sites is 1. The average Bonchev–Trinajstić information content (AvgIpc) is 2.86. The fourth-order valence-corrected chi connectivity index (χ4v) is 3.02. The molecule has 0 aliphatic rings. The Morgan fingerprint density at radius 3 is 2.33 bits per heavy atom. The molecular formula is C20H21ClN4O2. The second kappa shape index (κ2) is 7.72. The van der Waals surface area contributed by atoms with Gasteiger partial charge in [0.05, 0.1) is 17.4 Å². The van der Waals surface area contributed by atoms with Crippen LogP contribution in [0.4, 0.5) is 10.5 Å². The zero-order valence-corrected chi connectivity index (χ0v) is 16.1. The lowest BCUT2D eigenvalue weighted by atomic mass is 10.1. The van der Waals surface area contributed by atoms with E-state index in [2.05, 4.69) is 10.6 Å². The quantitative estimate of drug-likeness (QED) is 0.713. The van der Waals surface area contributed by atoms with Crippen LogP contribution in [0.5, 0.6) is 0 Å². The number of amides is 2. The van der Waals surface area contributed by atoms with Crippen molar-refractivity contribution < 1.29 is 4.79 Å². The predicted octanol–water partition coefficient (Wildman–Crippen LogP) is 4.02. The maximum Gasteiger partial charge on any atom is 0.319 e. The zero-order valence-electron chi connectivity index (χ0n) is 15.4. The Morgan fingerprint density at radius 1 is 1.07 bits per heavy atom. The van der Waals surface area contributed by atoms with Gasteiger partial charge in [0.2, 0.25) is 0 Å². The molecule has 3 aromatic rings. The van der Waals surface area contributed by atoms with Crippen molar-refractivity contribution in [2.45, 2.75) is 19.9 Å². The molecule has 0 radical (unpaired) electrons. The second-order valence-corrected chi connectivity index (χ2v) is 6.74. The van der Waals surface area contributed by atoms with E-state index in [0.29, 0.717) is 10.7 Å². The van der Waals surface area contributed by atoms with E-state index in [4.69, 9.17) is 11.6 Å². The van der Waals surface area contributed by atoms with Gasteiger partial charge in [-0.1, -0.05) is 41.9 Å². The summed E-state index contributed by atoms with van der Waals surface area (Å²) in [6.45, 7) is 3.65. The number of halogens is 1. The summed E-state index contributed by atoms with van der Waals surface area (Å²) in [5, 5.41) is 6.16. The van der Waals surface area contributed by atoms with Crippen LogP contribution < -0.4 is 16.2 Å². The molecule has 140 valence electrons. The fourth-order valence-electron chi connectivity index (χ4n) is 2.89. The van der Waals surface area contributed by atoms with Crippen LogP contribution >= 0.6 is 11.6 Å². The van der Waals surface area contributed by atoms with Crippen LogP contribution in [0.15, 0.2) is 59.4 Å².